The molecule has 0 saturated heterocycles. The Labute approximate surface area is 154 Å². The molecule has 0 aromatic carbocycles. The third kappa shape index (κ3) is 3.21. The van der Waals surface area contributed by atoms with Crippen molar-refractivity contribution < 1.29 is 4.79 Å². The van der Waals surface area contributed by atoms with E-state index in [9.17, 15) is 4.79 Å². The highest BCUT2D eigenvalue weighted by atomic mass is 16.1. The van der Waals surface area contributed by atoms with Crippen LogP contribution in [0.4, 0.5) is 5.82 Å². The van der Waals surface area contributed by atoms with Gasteiger partial charge in [0.15, 0.2) is 0 Å². The first-order valence-electron chi connectivity index (χ1n) is 8.04. The minimum Gasteiger partial charge on any atom is -0.334 e. The average Bonchev–Trinajstić information content (AvgIpc) is 3.13. The fourth-order valence-electron chi connectivity index (χ4n) is 2.70. The van der Waals surface area contributed by atoms with Crippen LogP contribution in [-0.2, 0) is 7.05 Å². The second-order valence-electron chi connectivity index (χ2n) is 5.87. The maximum absolute atomic E-state index is 12.4. The fourth-order valence-corrected chi connectivity index (χ4v) is 2.70. The van der Waals surface area contributed by atoms with Gasteiger partial charge in [-0.15, -0.1) is 0 Å². The van der Waals surface area contributed by atoms with E-state index < -0.39 is 0 Å². The summed E-state index contributed by atoms with van der Waals surface area (Å²) < 4.78 is 1.91. The molecule has 0 unspecified atom stereocenters. The average molecular weight is 355 g/mol. The Morgan fingerprint density at radius 2 is 2.04 bits per heavy atom. The number of amides is 1. The molecule has 130 valence electrons. The number of fused-ring (bicyclic) bond motifs is 1. The van der Waals surface area contributed by atoms with E-state index in [1.165, 1.54) is 12.3 Å². The van der Waals surface area contributed by atoms with E-state index in [0.717, 1.165) is 22.2 Å². The second-order valence-corrected chi connectivity index (χ2v) is 5.87. The van der Waals surface area contributed by atoms with Gasteiger partial charge in [0, 0.05) is 36.0 Å². The van der Waals surface area contributed by atoms with Crippen molar-refractivity contribution in [2.45, 2.75) is 0 Å². The summed E-state index contributed by atoms with van der Waals surface area (Å²) in [4.78, 5) is 29.0. The SMILES string of the molecule is Cn1cncc1-c1cnc2cnc(NC(=O)c3ccnc(C#N)c3)cc2c1. The first-order chi connectivity index (χ1) is 13.1. The lowest BCUT2D eigenvalue weighted by Crippen LogP contribution is -2.13. The van der Waals surface area contributed by atoms with Crippen LogP contribution in [-0.4, -0.2) is 30.4 Å². The highest BCUT2D eigenvalue weighted by molar-refractivity contribution is 6.04. The molecule has 0 aliphatic carbocycles. The lowest BCUT2D eigenvalue weighted by Gasteiger charge is -2.07. The van der Waals surface area contributed by atoms with E-state index in [4.69, 9.17) is 5.26 Å². The van der Waals surface area contributed by atoms with Gasteiger partial charge in [-0.25, -0.2) is 15.0 Å². The largest absolute Gasteiger partial charge is 0.334 e. The molecule has 4 rings (SSSR count). The van der Waals surface area contributed by atoms with E-state index in [2.05, 4.69) is 25.3 Å². The van der Waals surface area contributed by atoms with Crippen LogP contribution >= 0.6 is 0 Å². The first kappa shape index (κ1) is 16.4. The third-order valence-corrected chi connectivity index (χ3v) is 4.06. The number of pyridine rings is 3. The Bertz CT molecular complexity index is 1210. The van der Waals surface area contributed by atoms with Crippen LogP contribution in [0.15, 0.2) is 55.4 Å². The van der Waals surface area contributed by atoms with Crippen LogP contribution in [0.2, 0.25) is 0 Å². The van der Waals surface area contributed by atoms with Crippen molar-refractivity contribution in [3.8, 4) is 17.3 Å². The van der Waals surface area contributed by atoms with Crippen molar-refractivity contribution in [3.05, 3.63) is 66.6 Å². The van der Waals surface area contributed by atoms with Crippen molar-refractivity contribution >= 4 is 22.6 Å². The number of nitrogens with one attached hydrogen (secondary N) is 1. The molecule has 0 aliphatic heterocycles. The monoisotopic (exact) mass is 355 g/mol. The van der Waals surface area contributed by atoms with Crippen LogP contribution < -0.4 is 5.32 Å². The summed E-state index contributed by atoms with van der Waals surface area (Å²) in [5.74, 6) is 0.0308. The van der Waals surface area contributed by atoms with Crippen LogP contribution in [0.1, 0.15) is 16.1 Å². The number of hydrogen-bond donors (Lipinski definition) is 1. The van der Waals surface area contributed by atoms with Crippen LogP contribution in [0, 0.1) is 11.3 Å². The minimum atomic E-state index is -0.364. The number of aromatic nitrogens is 5. The summed E-state index contributed by atoms with van der Waals surface area (Å²) in [6.07, 6.45) is 8.28. The maximum atomic E-state index is 12.4. The van der Waals surface area contributed by atoms with Gasteiger partial charge in [-0.3, -0.25) is 9.78 Å². The van der Waals surface area contributed by atoms with Gasteiger partial charge >= 0.3 is 0 Å². The Hall–Kier alpha value is -4.12. The number of carbonyl (C=O) groups is 1. The molecule has 0 radical (unpaired) electrons. The van der Waals surface area contributed by atoms with Crippen LogP contribution in [0.3, 0.4) is 0 Å². The highest BCUT2D eigenvalue weighted by Crippen LogP contribution is 2.23. The molecule has 1 N–H and O–H groups in total. The molecule has 4 aromatic rings. The Balaban J connectivity index is 1.65. The highest BCUT2D eigenvalue weighted by Gasteiger charge is 2.10. The lowest BCUT2D eigenvalue weighted by molar-refractivity contribution is 0.102. The van der Waals surface area contributed by atoms with E-state index in [1.54, 1.807) is 37.1 Å². The Kier molecular flexibility index (Phi) is 4.03. The number of nitrogens with zero attached hydrogens (tertiary/aromatic N) is 6. The third-order valence-electron chi connectivity index (χ3n) is 4.06. The molecule has 8 heteroatoms. The van der Waals surface area contributed by atoms with Gasteiger partial charge in [0.25, 0.3) is 5.91 Å². The predicted octanol–water partition coefficient (Wildman–Crippen LogP) is 2.55. The number of nitriles is 1. The lowest BCUT2D eigenvalue weighted by atomic mass is 10.1. The number of imidazole rings is 1. The zero-order chi connectivity index (χ0) is 18.8. The van der Waals surface area contributed by atoms with Gasteiger partial charge in [0.2, 0.25) is 0 Å². The molecule has 4 aromatic heterocycles. The van der Waals surface area contributed by atoms with E-state index >= 15 is 0 Å². The molecular formula is C19H13N7O. The first-order valence-corrected chi connectivity index (χ1v) is 8.04. The molecular weight excluding hydrogens is 342 g/mol. The van der Waals surface area contributed by atoms with Gasteiger partial charge < -0.3 is 9.88 Å². The molecule has 1 amide bonds. The zero-order valence-electron chi connectivity index (χ0n) is 14.3. The number of aryl methyl sites for hydroxylation is 1. The van der Waals surface area contributed by atoms with Crippen LogP contribution in [0.25, 0.3) is 22.2 Å². The topological polar surface area (TPSA) is 109 Å². The van der Waals surface area contributed by atoms with Gasteiger partial charge in [0.1, 0.15) is 17.6 Å². The van der Waals surface area contributed by atoms with Crippen LogP contribution in [0.5, 0.6) is 0 Å². The fraction of sp³-hybridized carbons (Fsp3) is 0.0526. The summed E-state index contributed by atoms with van der Waals surface area (Å²) in [5, 5.41) is 12.5. The number of rotatable bonds is 3. The molecule has 8 nitrogen and oxygen atoms in total. The standard InChI is InChI=1S/C19H13N7O/c1-26-11-21-10-17(26)14-4-13-6-18(24-9-16(13)23-8-14)25-19(27)12-2-3-22-15(5-12)7-20/h2-6,8-11H,1H3,(H,24,25,27). The Morgan fingerprint density at radius 3 is 2.81 bits per heavy atom. The second kappa shape index (κ2) is 6.65. The van der Waals surface area contributed by atoms with E-state index in [-0.39, 0.29) is 11.6 Å². The quantitative estimate of drug-likeness (QED) is 0.605. The molecule has 0 spiro atoms. The predicted molar refractivity (Wildman–Crippen MR) is 98.6 cm³/mol. The Morgan fingerprint density at radius 1 is 1.15 bits per heavy atom. The summed E-state index contributed by atoms with van der Waals surface area (Å²) >= 11 is 0. The molecule has 4 heterocycles. The van der Waals surface area contributed by atoms with Gasteiger partial charge in [0.05, 0.1) is 29.9 Å². The minimum absolute atomic E-state index is 0.180. The number of hydrogen-bond acceptors (Lipinski definition) is 6. The molecule has 0 bridgehead atoms. The summed E-state index contributed by atoms with van der Waals surface area (Å²) in [6, 6.07) is 8.61. The normalized spacial score (nSPS) is 10.5. The number of anilines is 1. The number of carbonyl (C=O) groups excluding carboxylic acids is 1. The maximum Gasteiger partial charge on any atom is 0.256 e. The smallest absolute Gasteiger partial charge is 0.256 e. The van der Waals surface area contributed by atoms with Gasteiger partial charge in [-0.2, -0.15) is 5.26 Å². The molecule has 27 heavy (non-hydrogen) atoms. The van der Waals surface area contributed by atoms with E-state index in [1.807, 2.05) is 23.8 Å². The van der Waals surface area contributed by atoms with Crippen molar-refractivity contribution in [1.29, 1.82) is 5.26 Å². The molecule has 0 fully saturated rings. The summed E-state index contributed by atoms with van der Waals surface area (Å²) in [5.41, 5.74) is 3.09. The molecule has 0 atom stereocenters. The molecule has 0 saturated carbocycles. The van der Waals surface area contributed by atoms with Crippen molar-refractivity contribution in [2.75, 3.05) is 5.32 Å². The van der Waals surface area contributed by atoms with Crippen molar-refractivity contribution in [1.82, 2.24) is 24.5 Å². The van der Waals surface area contributed by atoms with E-state index in [0.29, 0.717) is 11.4 Å². The van der Waals surface area contributed by atoms with Crippen molar-refractivity contribution in [3.63, 3.8) is 0 Å². The molecule has 0 aliphatic rings. The summed E-state index contributed by atoms with van der Waals surface area (Å²) in [7, 11) is 1.91. The van der Waals surface area contributed by atoms with Crippen molar-refractivity contribution in [2.24, 2.45) is 7.05 Å². The zero-order valence-corrected chi connectivity index (χ0v) is 14.3. The summed E-state index contributed by atoms with van der Waals surface area (Å²) in [6.45, 7) is 0. The van der Waals surface area contributed by atoms with Gasteiger partial charge in [-0.1, -0.05) is 0 Å². The van der Waals surface area contributed by atoms with Gasteiger partial charge in [-0.05, 0) is 24.3 Å².